The molecule has 1 fully saturated rings. The maximum atomic E-state index is 11.4. The van der Waals surface area contributed by atoms with Crippen molar-refractivity contribution in [3.63, 3.8) is 0 Å². The molecule has 0 spiro atoms. The summed E-state index contributed by atoms with van der Waals surface area (Å²) >= 11 is 0. The highest BCUT2D eigenvalue weighted by atomic mass is 16.5. The van der Waals surface area contributed by atoms with E-state index < -0.39 is 5.97 Å². The lowest BCUT2D eigenvalue weighted by Gasteiger charge is -2.12. The van der Waals surface area contributed by atoms with E-state index in [-0.39, 0.29) is 6.04 Å². The molecule has 1 saturated heterocycles. The molecule has 0 saturated carbocycles. The van der Waals surface area contributed by atoms with Crippen LogP contribution in [0.2, 0.25) is 0 Å². The van der Waals surface area contributed by atoms with Gasteiger partial charge in [0.25, 0.3) is 0 Å². The molecule has 1 aliphatic heterocycles. The Kier molecular flexibility index (Phi) is 3.72. The van der Waals surface area contributed by atoms with Crippen LogP contribution in [0.4, 0.5) is 0 Å². The fraction of sp³-hybridized carbons (Fsp3) is 0.462. The van der Waals surface area contributed by atoms with E-state index in [1.807, 2.05) is 0 Å². The molecule has 18 heavy (non-hydrogen) atoms. The number of carbonyl (C=O) groups is 1. The molecule has 0 amide bonds. The number of nitrogens with zero attached hydrogens (tertiary/aromatic N) is 1. The van der Waals surface area contributed by atoms with Gasteiger partial charge in [-0.25, -0.2) is 4.79 Å². The molecule has 5 heteroatoms. The number of nitrogens with one attached hydrogen (secondary N) is 1. The van der Waals surface area contributed by atoms with Gasteiger partial charge in [0.05, 0.1) is 43.4 Å². The zero-order chi connectivity index (χ0) is 13.1. The van der Waals surface area contributed by atoms with Crippen LogP contribution in [0.5, 0.6) is 0 Å². The largest absolute Gasteiger partial charge is 0.465 e. The summed E-state index contributed by atoms with van der Waals surface area (Å²) < 4.78 is 9.99. The molecule has 1 heterocycles. The highest BCUT2D eigenvalue weighted by Gasteiger charge is 2.25. The van der Waals surface area contributed by atoms with E-state index in [4.69, 9.17) is 10.1 Å². The van der Waals surface area contributed by atoms with Crippen LogP contribution in [0.1, 0.15) is 6.92 Å². The van der Waals surface area contributed by atoms with Crippen molar-refractivity contribution in [1.29, 1.82) is 5.41 Å². The van der Waals surface area contributed by atoms with Crippen molar-refractivity contribution in [3.8, 4) is 0 Å². The fourth-order valence-electron chi connectivity index (χ4n) is 1.88. The Hall–Kier alpha value is -1.75. The number of hydrogen-bond acceptors (Lipinski definition) is 5. The van der Waals surface area contributed by atoms with E-state index in [9.17, 15) is 4.79 Å². The van der Waals surface area contributed by atoms with Crippen LogP contribution in [-0.2, 0) is 14.3 Å². The molecule has 0 unspecified atom stereocenters. The molecule has 2 aliphatic rings. The monoisotopic (exact) mass is 248 g/mol. The van der Waals surface area contributed by atoms with E-state index >= 15 is 0 Å². The summed E-state index contributed by atoms with van der Waals surface area (Å²) in [5, 5.41) is 7.81. The highest BCUT2D eigenvalue weighted by molar-refractivity contribution is 6.50. The van der Waals surface area contributed by atoms with E-state index in [0.29, 0.717) is 36.1 Å². The molecule has 0 aromatic carbocycles. The first-order chi connectivity index (χ1) is 8.61. The van der Waals surface area contributed by atoms with Gasteiger partial charge >= 0.3 is 5.97 Å². The molecule has 0 aromatic rings. The maximum Gasteiger partial charge on any atom is 0.337 e. The molecule has 1 N–H and O–H groups in total. The Morgan fingerprint density at radius 3 is 2.89 bits per heavy atom. The number of rotatable bonds is 2. The summed E-state index contributed by atoms with van der Waals surface area (Å²) in [5.41, 5.74) is 1.24. The van der Waals surface area contributed by atoms with Crippen LogP contribution in [0, 0.1) is 11.3 Å². The van der Waals surface area contributed by atoms with Gasteiger partial charge in [-0.15, -0.1) is 0 Å². The first-order valence-electron chi connectivity index (χ1n) is 5.84. The Morgan fingerprint density at radius 1 is 1.50 bits per heavy atom. The molecular formula is C13H16N2O3. The average Bonchev–Trinajstić information content (AvgIpc) is 2.77. The second kappa shape index (κ2) is 5.27. The third-order valence-electron chi connectivity index (χ3n) is 3.05. The number of carbonyl (C=O) groups excluding carboxylic acids is 1. The number of hydrogen-bond donors (Lipinski definition) is 1. The van der Waals surface area contributed by atoms with E-state index in [0.717, 1.165) is 0 Å². The van der Waals surface area contributed by atoms with Crippen LogP contribution in [0.25, 0.3) is 0 Å². The molecular weight excluding hydrogens is 232 g/mol. The lowest BCUT2D eigenvalue weighted by Crippen LogP contribution is -2.21. The third kappa shape index (κ3) is 2.56. The molecule has 1 aliphatic carbocycles. The third-order valence-corrected chi connectivity index (χ3v) is 3.05. The van der Waals surface area contributed by atoms with Gasteiger partial charge in [0, 0.05) is 5.92 Å². The quantitative estimate of drug-likeness (QED) is 0.588. The van der Waals surface area contributed by atoms with Crippen LogP contribution in [0.15, 0.2) is 28.8 Å². The second-order valence-corrected chi connectivity index (χ2v) is 4.43. The normalized spacial score (nSPS) is 29.6. The smallest absolute Gasteiger partial charge is 0.337 e. The van der Waals surface area contributed by atoms with Gasteiger partial charge in [-0.2, -0.15) is 0 Å². The molecule has 2 atom stereocenters. The highest BCUT2D eigenvalue weighted by Crippen LogP contribution is 2.18. The van der Waals surface area contributed by atoms with E-state index in [2.05, 4.69) is 16.7 Å². The Morgan fingerprint density at radius 2 is 2.28 bits per heavy atom. The first-order valence-corrected chi connectivity index (χ1v) is 5.84. The predicted molar refractivity (Wildman–Crippen MR) is 68.2 cm³/mol. The van der Waals surface area contributed by atoms with Crippen LogP contribution in [-0.4, -0.2) is 43.8 Å². The van der Waals surface area contributed by atoms with E-state index in [1.165, 1.54) is 7.11 Å². The lowest BCUT2D eigenvalue weighted by atomic mass is 10.0. The molecule has 0 bridgehead atoms. The van der Waals surface area contributed by atoms with Crippen molar-refractivity contribution in [2.75, 3.05) is 20.3 Å². The van der Waals surface area contributed by atoms with Crippen molar-refractivity contribution in [2.24, 2.45) is 10.9 Å². The van der Waals surface area contributed by atoms with Gasteiger partial charge in [0.2, 0.25) is 0 Å². The molecule has 0 aromatic heterocycles. The van der Waals surface area contributed by atoms with Crippen molar-refractivity contribution in [2.45, 2.75) is 13.0 Å². The Labute approximate surface area is 106 Å². The minimum Gasteiger partial charge on any atom is -0.465 e. The van der Waals surface area contributed by atoms with Crippen molar-refractivity contribution >= 4 is 17.4 Å². The summed E-state index contributed by atoms with van der Waals surface area (Å²) in [7, 11) is 1.33. The van der Waals surface area contributed by atoms with Crippen molar-refractivity contribution < 1.29 is 14.3 Å². The molecule has 0 radical (unpaired) electrons. The lowest BCUT2D eigenvalue weighted by molar-refractivity contribution is -0.135. The van der Waals surface area contributed by atoms with Crippen molar-refractivity contribution in [3.05, 3.63) is 23.8 Å². The fourth-order valence-corrected chi connectivity index (χ4v) is 1.88. The predicted octanol–water partition coefficient (Wildman–Crippen LogP) is 1.15. The van der Waals surface area contributed by atoms with Crippen LogP contribution in [0.3, 0.4) is 0 Å². The molecule has 96 valence electrons. The van der Waals surface area contributed by atoms with Gasteiger partial charge < -0.3 is 9.47 Å². The van der Waals surface area contributed by atoms with E-state index in [1.54, 1.807) is 18.2 Å². The van der Waals surface area contributed by atoms with Crippen molar-refractivity contribution in [1.82, 2.24) is 0 Å². The topological polar surface area (TPSA) is 71.7 Å². The zero-order valence-electron chi connectivity index (χ0n) is 10.5. The molecule has 2 rings (SSSR count). The van der Waals surface area contributed by atoms with Gasteiger partial charge in [-0.3, -0.25) is 10.4 Å². The summed E-state index contributed by atoms with van der Waals surface area (Å²) in [6, 6.07) is 0.0574. The van der Waals surface area contributed by atoms with Gasteiger partial charge in [0.15, 0.2) is 0 Å². The first kappa shape index (κ1) is 12.7. The summed E-state index contributed by atoms with van der Waals surface area (Å²) in [6.45, 7) is 3.33. The summed E-state index contributed by atoms with van der Waals surface area (Å²) in [4.78, 5) is 15.9. The zero-order valence-corrected chi connectivity index (χ0v) is 10.5. The number of methoxy groups -OCH3 is 1. The van der Waals surface area contributed by atoms with Crippen LogP contribution >= 0.6 is 0 Å². The number of allylic oxidation sites excluding steroid dienone is 2. The Balaban J connectivity index is 2.23. The summed E-state index contributed by atoms with van der Waals surface area (Å²) in [5.74, 6) is -0.0756. The second-order valence-electron chi connectivity index (χ2n) is 4.43. The van der Waals surface area contributed by atoms with Gasteiger partial charge in [-0.05, 0) is 18.2 Å². The summed E-state index contributed by atoms with van der Waals surface area (Å²) in [6.07, 6.45) is 4.73. The Bertz CT molecular complexity index is 463. The minimum absolute atomic E-state index is 0.0574. The standard InChI is InChI=1S/C13H16N2O3/c1-8-6-18-7-12(8)15-11-5-9(13(16)17-2)3-4-10(11)14/h3-5,8,12,14H,6-7H2,1-2H3/t8-,12+/m0/s1. The van der Waals surface area contributed by atoms with Gasteiger partial charge in [-0.1, -0.05) is 6.92 Å². The number of aliphatic imine (C=N–C) groups is 1. The number of esters is 1. The van der Waals surface area contributed by atoms with Crippen LogP contribution < -0.4 is 0 Å². The van der Waals surface area contributed by atoms with Gasteiger partial charge in [0.1, 0.15) is 0 Å². The minimum atomic E-state index is -0.415. The average molecular weight is 248 g/mol. The SMILES string of the molecule is COC(=O)C1=CC(=N[C@@H]2COC[C@@H]2C)C(=N)C=C1. The maximum absolute atomic E-state index is 11.4. The molecule has 5 nitrogen and oxygen atoms in total. The number of ether oxygens (including phenoxy) is 2.